The first-order valence-electron chi connectivity index (χ1n) is 35.4. The molecule has 100 heavy (non-hydrogen) atoms. The SMILES string of the molecule is CCCCC[C@@H](O)/C=C/C=C\C=C\C=C\[C@@H](O)[C@@H](O)CCCC(=O)O.CCCCC[C@@H](O)[C@H](O)/C=C/C=C/C=C\C=C\[C@@H](O)CCCC(=O)O.CCCCC[C@H](O)/C=C/C=C\C=C\C=C\[C@@H](O)[C@@H](O)CCCC(=O)O.CCCCC[C@H](O)[C@H](O)/C=C/C=C/C=C\C=C\C(O)=C\CCC(=O)O. The summed E-state index contributed by atoms with van der Waals surface area (Å²) in [4.78, 5) is 41.4. The van der Waals surface area contributed by atoms with Gasteiger partial charge in [0.1, 0.15) is 5.76 Å². The first-order chi connectivity index (χ1) is 47.9. The lowest BCUT2D eigenvalue weighted by Crippen LogP contribution is -2.23. The Morgan fingerprint density at radius 3 is 0.720 bits per heavy atom. The van der Waals surface area contributed by atoms with Crippen LogP contribution < -0.4 is 0 Å². The highest BCUT2D eigenvalue weighted by Gasteiger charge is 2.16. The van der Waals surface area contributed by atoms with Gasteiger partial charge in [-0.15, -0.1) is 0 Å². The third kappa shape index (κ3) is 78.2. The van der Waals surface area contributed by atoms with Gasteiger partial charge in [0.2, 0.25) is 0 Å². The van der Waals surface area contributed by atoms with Gasteiger partial charge >= 0.3 is 23.9 Å². The molecule has 16 N–H and O–H groups in total. The van der Waals surface area contributed by atoms with E-state index in [4.69, 9.17) is 20.4 Å². The second-order valence-corrected chi connectivity index (χ2v) is 23.5. The third-order valence-electron chi connectivity index (χ3n) is 14.1. The van der Waals surface area contributed by atoms with E-state index < -0.39 is 91.0 Å². The minimum Gasteiger partial charge on any atom is -0.508 e. The van der Waals surface area contributed by atoms with E-state index >= 15 is 0 Å². The Hall–Kier alpha value is -7.18. The first kappa shape index (κ1) is 99.2. The molecule has 0 rings (SSSR count). The summed E-state index contributed by atoms with van der Waals surface area (Å²) < 4.78 is 0. The lowest BCUT2D eigenvalue weighted by Gasteiger charge is -2.13. The Morgan fingerprint density at radius 1 is 0.250 bits per heavy atom. The van der Waals surface area contributed by atoms with Gasteiger partial charge in [-0.25, -0.2) is 0 Å². The average Bonchev–Trinajstić information content (AvgIpc) is 2.11. The van der Waals surface area contributed by atoms with E-state index in [1.165, 1.54) is 24.3 Å². The highest BCUT2D eigenvalue weighted by molar-refractivity contribution is 5.67. The van der Waals surface area contributed by atoms with Gasteiger partial charge in [0.25, 0.3) is 0 Å². The van der Waals surface area contributed by atoms with Crippen LogP contribution in [-0.4, -0.2) is 173 Å². The molecule has 0 heterocycles. The summed E-state index contributed by atoms with van der Waals surface area (Å²) in [5, 5.41) is 150. The number of aliphatic hydroxyl groups is 12. The molecule has 0 saturated carbocycles. The van der Waals surface area contributed by atoms with E-state index in [1.54, 1.807) is 164 Å². The summed E-state index contributed by atoms with van der Waals surface area (Å²) in [7, 11) is 0. The number of carboxylic acids is 4. The average molecular weight is 1410 g/mol. The molecule has 0 aliphatic heterocycles. The van der Waals surface area contributed by atoms with Gasteiger partial charge in [-0.05, 0) is 82.8 Å². The number of unbranched alkanes of at least 4 members (excludes halogenated alkanes) is 8. The summed E-state index contributed by atoms with van der Waals surface area (Å²) in [6, 6.07) is 0. The fraction of sp³-hybridized carbons (Fsp3) is 0.525. The predicted molar refractivity (Wildman–Crippen MR) is 401 cm³/mol. The summed E-state index contributed by atoms with van der Waals surface area (Å²) in [5.41, 5.74) is 0. The van der Waals surface area contributed by atoms with Crippen LogP contribution in [0.5, 0.6) is 0 Å². The molecule has 0 spiro atoms. The molecule has 0 aromatic heterocycles. The third-order valence-corrected chi connectivity index (χ3v) is 14.1. The Morgan fingerprint density at radius 2 is 0.460 bits per heavy atom. The normalized spacial score (nSPS) is 16.2. The van der Waals surface area contributed by atoms with Gasteiger partial charge in [0, 0.05) is 25.7 Å². The quantitative estimate of drug-likeness (QED) is 0.0153. The van der Waals surface area contributed by atoms with Crippen molar-refractivity contribution in [3.05, 3.63) is 206 Å². The number of aliphatic hydroxyl groups excluding tert-OH is 12. The van der Waals surface area contributed by atoms with Crippen molar-refractivity contribution in [3.8, 4) is 0 Å². The van der Waals surface area contributed by atoms with Crippen LogP contribution in [0.15, 0.2) is 206 Å². The zero-order valence-corrected chi connectivity index (χ0v) is 59.8. The molecule has 20 heteroatoms. The zero-order valence-electron chi connectivity index (χ0n) is 59.8. The maximum absolute atomic E-state index is 10.4. The molecular weight excluding hydrogens is 1280 g/mol. The van der Waals surface area contributed by atoms with Crippen molar-refractivity contribution in [1.82, 2.24) is 0 Å². The lowest BCUT2D eigenvalue weighted by molar-refractivity contribution is -0.138. The van der Waals surface area contributed by atoms with Crippen molar-refractivity contribution in [2.24, 2.45) is 0 Å². The topological polar surface area (TPSA) is 392 Å². The predicted octanol–water partition coefficient (Wildman–Crippen LogP) is 13.2. The summed E-state index contributed by atoms with van der Waals surface area (Å²) in [6.45, 7) is 8.44. The van der Waals surface area contributed by atoms with E-state index in [0.717, 1.165) is 89.9 Å². The van der Waals surface area contributed by atoms with Crippen molar-refractivity contribution in [3.63, 3.8) is 0 Å². The van der Waals surface area contributed by atoms with E-state index in [1.807, 2.05) is 12.2 Å². The van der Waals surface area contributed by atoms with E-state index in [-0.39, 0.29) is 50.7 Å². The molecule has 0 unspecified atom stereocenters. The number of carbonyl (C=O) groups is 4. The molecule has 0 radical (unpaired) electrons. The van der Waals surface area contributed by atoms with Crippen molar-refractivity contribution >= 4 is 23.9 Å². The molecule has 11 atom stereocenters. The minimum atomic E-state index is -1.01. The van der Waals surface area contributed by atoms with Crippen molar-refractivity contribution in [1.29, 1.82) is 0 Å². The van der Waals surface area contributed by atoms with Crippen LogP contribution in [0.1, 0.15) is 201 Å². The first-order valence-corrected chi connectivity index (χ1v) is 35.4. The molecule has 0 aliphatic rings. The largest absolute Gasteiger partial charge is 0.508 e. The monoisotopic (exact) mass is 1410 g/mol. The molecule has 0 amide bonds. The fourth-order valence-corrected chi connectivity index (χ4v) is 8.17. The fourth-order valence-electron chi connectivity index (χ4n) is 8.17. The van der Waals surface area contributed by atoms with Crippen molar-refractivity contribution < 1.29 is 101 Å². The molecule has 20 nitrogen and oxygen atoms in total. The molecule has 0 fully saturated rings. The van der Waals surface area contributed by atoms with E-state index in [0.29, 0.717) is 38.5 Å². The summed E-state index contributed by atoms with van der Waals surface area (Å²) >= 11 is 0. The number of hydrogen-bond donors (Lipinski definition) is 16. The van der Waals surface area contributed by atoms with Gasteiger partial charge in [-0.2, -0.15) is 0 Å². The molecule has 0 aliphatic carbocycles. The van der Waals surface area contributed by atoms with Crippen LogP contribution in [0, 0.1) is 0 Å². The zero-order chi connectivity index (χ0) is 75.7. The van der Waals surface area contributed by atoms with Gasteiger partial charge in [0.15, 0.2) is 0 Å². The Labute approximate surface area is 596 Å². The standard InChI is InChI=1S/C20H32O5.C20H30O5.2C20H32O5/c2*1-2-3-8-14-18(22)19(23)15-10-7-5-4-6-9-12-17(21)13-11-16-20(24)25;2*1-2-3-8-12-17(21)13-9-6-4-5-7-10-14-18(22)19(23)15-11-16-20(24)25/h4-7,9-10,12,15,17-19,21-23H,2-3,8,11,13-14,16H2,1H3,(H,24,25);4-7,9-10,12-13,15,18-19,21-23H,2-3,8,11,14,16H2,1H3,(H,24,25);2*4-7,9-10,13-14,17-19,21-23H,2-3,8,11-12,15-16H2,1H3,(H,24,25)/b6-4-,7-5+,12-9+,15-10+;6-4-,7-5+,12-9+,15-10+,17-13-;2*6-4-,7-5+,13-9+,14-10+/t17-,18-,19-;18-,19+;17-,18+,19-;17-,18-,19+/m1001/s1. The molecule has 0 bridgehead atoms. The van der Waals surface area contributed by atoms with E-state index in [9.17, 15) is 80.5 Å². The molecule has 0 aromatic rings. The van der Waals surface area contributed by atoms with Crippen molar-refractivity contribution in [2.75, 3.05) is 0 Å². The highest BCUT2D eigenvalue weighted by Crippen LogP contribution is 2.12. The second kappa shape index (κ2) is 74.5. The highest BCUT2D eigenvalue weighted by atomic mass is 16.4. The van der Waals surface area contributed by atoms with Gasteiger partial charge in [0.05, 0.1) is 67.1 Å². The van der Waals surface area contributed by atoms with Gasteiger partial charge in [-0.3, -0.25) is 19.2 Å². The number of rotatable bonds is 55. The van der Waals surface area contributed by atoms with E-state index in [2.05, 4.69) is 27.7 Å². The smallest absolute Gasteiger partial charge is 0.303 e. The molecule has 0 aromatic carbocycles. The Kier molecular flexibility index (Phi) is 73.9. The second-order valence-electron chi connectivity index (χ2n) is 23.5. The number of carboxylic acid groups (broad SMARTS) is 4. The molecule has 566 valence electrons. The maximum Gasteiger partial charge on any atom is 0.303 e. The van der Waals surface area contributed by atoms with Crippen LogP contribution in [0.3, 0.4) is 0 Å². The lowest BCUT2D eigenvalue weighted by atomic mass is 10.1. The number of hydrogen-bond acceptors (Lipinski definition) is 16. The number of aliphatic carboxylic acids is 4. The Balaban J connectivity index is -0.000000614. The Bertz CT molecular complexity index is 2460. The molecular formula is C80H126O20. The van der Waals surface area contributed by atoms with Crippen LogP contribution in [0.4, 0.5) is 0 Å². The van der Waals surface area contributed by atoms with Crippen molar-refractivity contribution in [2.45, 2.75) is 268 Å². The summed E-state index contributed by atoms with van der Waals surface area (Å²) in [6.07, 6.45) is 65.0. The summed E-state index contributed by atoms with van der Waals surface area (Å²) in [5.74, 6) is -3.54. The van der Waals surface area contributed by atoms with Crippen LogP contribution in [-0.2, 0) is 19.2 Å². The number of allylic oxidation sites excluding steroid dienone is 26. The van der Waals surface area contributed by atoms with Crippen LogP contribution >= 0.6 is 0 Å². The van der Waals surface area contributed by atoms with Gasteiger partial charge < -0.3 is 81.7 Å². The van der Waals surface area contributed by atoms with Crippen LogP contribution in [0.25, 0.3) is 0 Å². The maximum atomic E-state index is 10.4. The van der Waals surface area contributed by atoms with Crippen LogP contribution in [0.2, 0.25) is 0 Å². The molecule has 0 saturated heterocycles. The van der Waals surface area contributed by atoms with Gasteiger partial charge in [-0.1, -0.05) is 293 Å². The minimum absolute atomic E-state index is 0.0119.